The molecule has 3 rings (SSSR count). The molecule has 2 heterocycles. The zero-order chi connectivity index (χ0) is 13.8. The third-order valence-electron chi connectivity index (χ3n) is 3.26. The molecular formula is C15H16ClN3O. The van der Waals surface area contributed by atoms with Crippen molar-refractivity contribution in [3.05, 3.63) is 41.6 Å². The lowest BCUT2D eigenvalue weighted by atomic mass is 10.2. The summed E-state index contributed by atoms with van der Waals surface area (Å²) in [7, 11) is 0. The Labute approximate surface area is 123 Å². The van der Waals surface area contributed by atoms with Gasteiger partial charge in [-0.3, -0.25) is 0 Å². The van der Waals surface area contributed by atoms with Gasteiger partial charge in [0.25, 0.3) is 0 Å². The van der Waals surface area contributed by atoms with Crippen LogP contribution in [-0.2, 0) is 4.74 Å². The lowest BCUT2D eigenvalue weighted by molar-refractivity contribution is 0.120. The van der Waals surface area contributed by atoms with Crippen LogP contribution in [0.25, 0.3) is 11.4 Å². The summed E-state index contributed by atoms with van der Waals surface area (Å²) in [5.74, 6) is 1.37. The van der Waals surface area contributed by atoms with Crippen LogP contribution in [0, 0.1) is 0 Å². The maximum absolute atomic E-state index is 6.07. The Bertz CT molecular complexity index is 571. The topological polar surface area (TPSA) is 47.0 Å². The highest BCUT2D eigenvalue weighted by atomic mass is 35.5. The average molecular weight is 290 g/mol. The zero-order valence-electron chi connectivity index (χ0n) is 11.1. The zero-order valence-corrected chi connectivity index (χ0v) is 11.8. The Hall–Kier alpha value is -1.65. The van der Waals surface area contributed by atoms with E-state index < -0.39 is 0 Å². The molecule has 1 aliphatic rings. The number of halogens is 1. The second kappa shape index (κ2) is 6.20. The first-order valence-corrected chi connectivity index (χ1v) is 7.14. The molecule has 0 amide bonds. The number of hydrogen-bond acceptors (Lipinski definition) is 4. The average Bonchev–Trinajstić information content (AvgIpc) is 2.99. The van der Waals surface area contributed by atoms with Gasteiger partial charge in [-0.15, -0.1) is 0 Å². The van der Waals surface area contributed by atoms with Gasteiger partial charge in [-0.25, -0.2) is 9.97 Å². The van der Waals surface area contributed by atoms with Gasteiger partial charge in [0.2, 0.25) is 0 Å². The van der Waals surface area contributed by atoms with Crippen LogP contribution in [0.3, 0.4) is 0 Å². The van der Waals surface area contributed by atoms with E-state index in [1.807, 2.05) is 30.3 Å². The van der Waals surface area contributed by atoms with Crippen molar-refractivity contribution in [3.63, 3.8) is 0 Å². The normalized spacial score (nSPS) is 18.1. The summed E-state index contributed by atoms with van der Waals surface area (Å²) in [5, 5.41) is 3.72. The first-order chi connectivity index (χ1) is 9.81. The summed E-state index contributed by atoms with van der Waals surface area (Å²) in [6.07, 6.45) is 2.49. The van der Waals surface area contributed by atoms with Crippen LogP contribution < -0.4 is 5.32 Å². The monoisotopic (exact) mass is 289 g/mol. The van der Waals surface area contributed by atoms with Gasteiger partial charge >= 0.3 is 0 Å². The third-order valence-corrected chi connectivity index (χ3v) is 3.46. The van der Waals surface area contributed by atoms with Crippen LogP contribution in [0.15, 0.2) is 36.4 Å². The molecule has 1 aromatic carbocycles. The van der Waals surface area contributed by atoms with Crippen LogP contribution in [0.2, 0.25) is 5.15 Å². The van der Waals surface area contributed by atoms with Crippen molar-refractivity contribution in [2.24, 2.45) is 0 Å². The van der Waals surface area contributed by atoms with Crippen LogP contribution in [0.1, 0.15) is 12.8 Å². The lowest BCUT2D eigenvalue weighted by Crippen LogP contribution is -2.19. The molecule has 0 spiro atoms. The molecule has 1 saturated heterocycles. The first kappa shape index (κ1) is 13.3. The number of anilines is 1. The molecule has 5 heteroatoms. The molecular weight excluding hydrogens is 274 g/mol. The first-order valence-electron chi connectivity index (χ1n) is 6.77. The molecule has 4 nitrogen and oxygen atoms in total. The van der Waals surface area contributed by atoms with Gasteiger partial charge in [-0.2, -0.15) is 0 Å². The van der Waals surface area contributed by atoms with Crippen molar-refractivity contribution >= 4 is 17.4 Å². The Kier molecular flexibility index (Phi) is 4.14. The second-order valence-corrected chi connectivity index (χ2v) is 5.17. The fourth-order valence-corrected chi connectivity index (χ4v) is 2.43. The molecule has 1 aliphatic heterocycles. The molecule has 0 aliphatic carbocycles. The van der Waals surface area contributed by atoms with E-state index in [1.54, 1.807) is 6.07 Å². The van der Waals surface area contributed by atoms with E-state index >= 15 is 0 Å². The van der Waals surface area contributed by atoms with Gasteiger partial charge in [0, 0.05) is 24.8 Å². The molecule has 1 aromatic heterocycles. The second-order valence-electron chi connectivity index (χ2n) is 4.78. The van der Waals surface area contributed by atoms with Crippen molar-refractivity contribution in [2.45, 2.75) is 18.9 Å². The minimum atomic E-state index is 0.268. The van der Waals surface area contributed by atoms with E-state index in [-0.39, 0.29) is 6.10 Å². The van der Waals surface area contributed by atoms with E-state index in [2.05, 4.69) is 15.3 Å². The SMILES string of the molecule is Clc1cc(NC[C@@H]2CCCO2)nc(-c2ccccc2)n1. The fourth-order valence-electron chi connectivity index (χ4n) is 2.25. The van der Waals surface area contributed by atoms with E-state index in [0.29, 0.717) is 11.0 Å². The van der Waals surface area contributed by atoms with Gasteiger partial charge < -0.3 is 10.1 Å². The Balaban J connectivity index is 1.76. The summed E-state index contributed by atoms with van der Waals surface area (Å²) in [6, 6.07) is 11.6. The smallest absolute Gasteiger partial charge is 0.163 e. The van der Waals surface area contributed by atoms with Crippen LogP contribution in [-0.4, -0.2) is 29.2 Å². The number of nitrogens with one attached hydrogen (secondary N) is 1. The minimum Gasteiger partial charge on any atom is -0.376 e. The Morgan fingerprint density at radius 3 is 2.85 bits per heavy atom. The molecule has 0 unspecified atom stereocenters. The maximum Gasteiger partial charge on any atom is 0.163 e. The van der Waals surface area contributed by atoms with Gasteiger partial charge in [0.15, 0.2) is 5.82 Å². The standard InChI is InChI=1S/C15H16ClN3O/c16-13-9-14(17-10-12-7-4-8-20-12)19-15(18-13)11-5-2-1-3-6-11/h1-3,5-6,9,12H,4,7-8,10H2,(H,17,18,19)/t12-/m0/s1. The number of ether oxygens (including phenoxy) is 1. The molecule has 0 saturated carbocycles. The van der Waals surface area contributed by atoms with E-state index in [4.69, 9.17) is 16.3 Å². The van der Waals surface area contributed by atoms with Crippen molar-refractivity contribution in [1.82, 2.24) is 9.97 Å². The summed E-state index contributed by atoms with van der Waals surface area (Å²) in [5.41, 5.74) is 0.954. The van der Waals surface area contributed by atoms with Gasteiger partial charge in [-0.05, 0) is 12.8 Å². The predicted molar refractivity (Wildman–Crippen MR) is 79.9 cm³/mol. The van der Waals surface area contributed by atoms with E-state index in [0.717, 1.165) is 37.4 Å². The molecule has 0 radical (unpaired) electrons. The number of aromatic nitrogens is 2. The van der Waals surface area contributed by atoms with Gasteiger partial charge in [-0.1, -0.05) is 41.9 Å². The minimum absolute atomic E-state index is 0.268. The number of nitrogens with zero attached hydrogens (tertiary/aromatic N) is 2. The Morgan fingerprint density at radius 1 is 1.25 bits per heavy atom. The quantitative estimate of drug-likeness (QED) is 0.877. The summed E-state index contributed by atoms with van der Waals surface area (Å²) in [6.45, 7) is 1.60. The van der Waals surface area contributed by atoms with Crippen molar-refractivity contribution < 1.29 is 4.74 Å². The molecule has 1 fully saturated rings. The predicted octanol–water partition coefficient (Wildman–Crippen LogP) is 3.39. The maximum atomic E-state index is 6.07. The number of hydrogen-bond donors (Lipinski definition) is 1. The van der Waals surface area contributed by atoms with Crippen molar-refractivity contribution in [1.29, 1.82) is 0 Å². The fraction of sp³-hybridized carbons (Fsp3) is 0.333. The largest absolute Gasteiger partial charge is 0.376 e. The van der Waals surface area contributed by atoms with Crippen LogP contribution >= 0.6 is 11.6 Å². The lowest BCUT2D eigenvalue weighted by Gasteiger charge is -2.12. The van der Waals surface area contributed by atoms with Gasteiger partial charge in [0.1, 0.15) is 11.0 Å². The van der Waals surface area contributed by atoms with E-state index in [9.17, 15) is 0 Å². The molecule has 1 N–H and O–H groups in total. The number of rotatable bonds is 4. The van der Waals surface area contributed by atoms with Gasteiger partial charge in [0.05, 0.1) is 6.10 Å². The summed E-state index contributed by atoms with van der Waals surface area (Å²) >= 11 is 6.07. The van der Waals surface area contributed by atoms with Crippen molar-refractivity contribution in [2.75, 3.05) is 18.5 Å². The van der Waals surface area contributed by atoms with Crippen LogP contribution in [0.4, 0.5) is 5.82 Å². The van der Waals surface area contributed by atoms with Crippen LogP contribution in [0.5, 0.6) is 0 Å². The Morgan fingerprint density at radius 2 is 2.10 bits per heavy atom. The highest BCUT2D eigenvalue weighted by molar-refractivity contribution is 6.29. The number of benzene rings is 1. The highest BCUT2D eigenvalue weighted by Gasteiger charge is 2.15. The molecule has 2 aromatic rings. The highest BCUT2D eigenvalue weighted by Crippen LogP contribution is 2.20. The third kappa shape index (κ3) is 3.26. The van der Waals surface area contributed by atoms with Crippen molar-refractivity contribution in [3.8, 4) is 11.4 Å². The summed E-state index contributed by atoms with van der Waals surface area (Å²) in [4.78, 5) is 8.77. The summed E-state index contributed by atoms with van der Waals surface area (Å²) < 4.78 is 5.58. The molecule has 0 bridgehead atoms. The molecule has 20 heavy (non-hydrogen) atoms. The van der Waals surface area contributed by atoms with E-state index in [1.165, 1.54) is 0 Å². The molecule has 1 atom stereocenters. The molecule has 104 valence electrons.